The first-order valence-corrected chi connectivity index (χ1v) is 19.2. The molecule has 2 fully saturated rings. The van der Waals surface area contributed by atoms with Crippen molar-refractivity contribution in [2.75, 3.05) is 104 Å². The lowest BCUT2D eigenvalue weighted by Crippen LogP contribution is -2.43. The summed E-state index contributed by atoms with van der Waals surface area (Å²) in [6.45, 7) is 7.59. The SMILES string of the molecule is COc1cc(C=O)c([N+](=O)[O-])cc1NC(=O)C(F)(F)F.COc1cc(CN2CCN(C)CC2)c([N+](=O)[O-])cc1N.COc1cc(CN2CCN(C)CC2)c([N+](=O)[O-])cc1NC(=O)C(F)(F)F. The van der Waals surface area contributed by atoms with Crippen molar-refractivity contribution in [1.82, 2.24) is 19.6 Å². The maximum atomic E-state index is 12.5. The number of aldehydes is 1. The van der Waals surface area contributed by atoms with Gasteiger partial charge in [-0.15, -0.1) is 0 Å². The standard InChI is InChI=1S/C15H19F3N4O4.C13H20N4O3.C10H7F3N2O5/c1-20-3-5-21(6-4-20)9-10-7-13(26-2)11(8-12(10)22(24)25)19-14(23)15(16,17)18;1-15-3-5-16(6-4-15)9-10-7-13(20-2)11(14)8-12(10)17(18)19;1-20-8-2-5(4-16)7(15(18)19)3-6(8)14-9(17)10(11,12)13/h7-8H,3-6,9H2,1-2H3,(H,19,23);7-8H,3-6,9,14H2,1-2H3;2-4H,1H3,(H,14,17). The molecule has 2 saturated heterocycles. The number of methoxy groups -OCH3 is 3. The number of hydrogen-bond donors (Lipinski definition) is 3. The number of nitrogen functional groups attached to an aromatic ring is 1. The van der Waals surface area contributed by atoms with Crippen LogP contribution in [0.1, 0.15) is 21.5 Å². The van der Waals surface area contributed by atoms with Gasteiger partial charge in [-0.3, -0.25) is 54.5 Å². The number of anilines is 3. The van der Waals surface area contributed by atoms with E-state index in [0.29, 0.717) is 48.3 Å². The normalized spacial score (nSPS) is 14.9. The van der Waals surface area contributed by atoms with Crippen LogP contribution in [0.4, 0.5) is 60.5 Å². The van der Waals surface area contributed by atoms with Crippen LogP contribution in [0.25, 0.3) is 0 Å². The second-order valence-electron chi connectivity index (χ2n) is 14.5. The monoisotopic (exact) mass is 948 g/mol. The van der Waals surface area contributed by atoms with E-state index in [4.69, 9.17) is 15.2 Å². The number of benzene rings is 3. The van der Waals surface area contributed by atoms with Gasteiger partial charge in [0.25, 0.3) is 17.1 Å². The molecule has 5 rings (SSSR count). The summed E-state index contributed by atoms with van der Waals surface area (Å²) in [7, 11) is 7.84. The zero-order valence-corrected chi connectivity index (χ0v) is 36.0. The van der Waals surface area contributed by atoms with Crippen molar-refractivity contribution in [3.63, 3.8) is 0 Å². The Labute approximate surface area is 371 Å². The zero-order valence-electron chi connectivity index (χ0n) is 36.0. The van der Waals surface area contributed by atoms with Crippen LogP contribution in [-0.2, 0) is 22.7 Å². The van der Waals surface area contributed by atoms with E-state index in [9.17, 15) is 71.1 Å². The van der Waals surface area contributed by atoms with E-state index in [1.807, 2.05) is 11.9 Å². The molecule has 0 spiro atoms. The van der Waals surface area contributed by atoms with E-state index in [1.54, 1.807) is 11.4 Å². The smallest absolute Gasteiger partial charge is 0.471 e. The molecule has 3 aromatic carbocycles. The molecule has 0 atom stereocenters. The number of nitrogens with one attached hydrogen (secondary N) is 2. The number of ether oxygens (including phenoxy) is 3. The Balaban J connectivity index is 0.000000266. The Morgan fingerprint density at radius 1 is 0.621 bits per heavy atom. The zero-order chi connectivity index (χ0) is 49.7. The summed E-state index contributed by atoms with van der Waals surface area (Å²) >= 11 is 0. The fraction of sp³-hybridized carbons (Fsp3) is 0.447. The lowest BCUT2D eigenvalue weighted by atomic mass is 10.1. The Hall–Kier alpha value is -6.91. The van der Waals surface area contributed by atoms with Gasteiger partial charge in [-0.2, -0.15) is 26.3 Å². The summed E-state index contributed by atoms with van der Waals surface area (Å²) < 4.78 is 88.6. The number of nitro groups is 3. The van der Waals surface area contributed by atoms with Crippen LogP contribution in [0.15, 0.2) is 36.4 Å². The van der Waals surface area contributed by atoms with E-state index in [1.165, 1.54) is 31.7 Å². The minimum atomic E-state index is -5.16. The Morgan fingerprint density at radius 3 is 1.32 bits per heavy atom. The summed E-state index contributed by atoms with van der Waals surface area (Å²) in [5.41, 5.74) is 4.56. The minimum absolute atomic E-state index is 0.0576. The van der Waals surface area contributed by atoms with E-state index >= 15 is 0 Å². The van der Waals surface area contributed by atoms with Gasteiger partial charge in [0.1, 0.15) is 17.2 Å². The Kier molecular flexibility index (Phi) is 18.9. The number of nitrogens with zero attached hydrogens (tertiary/aromatic N) is 7. The van der Waals surface area contributed by atoms with Crippen molar-refractivity contribution in [1.29, 1.82) is 0 Å². The third-order valence-corrected chi connectivity index (χ3v) is 9.89. The highest BCUT2D eigenvalue weighted by atomic mass is 19.4. The molecule has 2 amide bonds. The van der Waals surface area contributed by atoms with E-state index in [-0.39, 0.29) is 40.6 Å². The molecular weight excluding hydrogens is 902 g/mol. The maximum absolute atomic E-state index is 12.5. The number of halogens is 6. The molecule has 28 heteroatoms. The maximum Gasteiger partial charge on any atom is 0.471 e. The van der Waals surface area contributed by atoms with Gasteiger partial charge in [0, 0.05) is 94.8 Å². The van der Waals surface area contributed by atoms with Crippen molar-refractivity contribution in [3.05, 3.63) is 83.4 Å². The van der Waals surface area contributed by atoms with E-state index < -0.39 is 56.6 Å². The van der Waals surface area contributed by atoms with Gasteiger partial charge in [-0.1, -0.05) is 0 Å². The molecule has 2 aliphatic rings. The van der Waals surface area contributed by atoms with E-state index in [2.05, 4.69) is 26.5 Å². The van der Waals surface area contributed by atoms with Crippen molar-refractivity contribution in [3.8, 4) is 17.2 Å². The number of nitrogens with two attached hydrogens (primary N) is 1. The molecule has 362 valence electrons. The van der Waals surface area contributed by atoms with Gasteiger partial charge in [-0.05, 0) is 32.3 Å². The molecule has 0 bridgehead atoms. The van der Waals surface area contributed by atoms with Crippen LogP contribution in [0.3, 0.4) is 0 Å². The average molecular weight is 949 g/mol. The lowest BCUT2D eigenvalue weighted by Gasteiger charge is -2.32. The molecule has 2 aliphatic heterocycles. The second-order valence-corrected chi connectivity index (χ2v) is 14.5. The topological polar surface area (TPSA) is 271 Å². The van der Waals surface area contributed by atoms with Crippen LogP contribution in [-0.4, -0.2) is 153 Å². The first-order valence-electron chi connectivity index (χ1n) is 19.2. The molecule has 4 N–H and O–H groups in total. The van der Waals surface area contributed by atoms with Crippen LogP contribution >= 0.6 is 0 Å². The number of carbonyl (C=O) groups is 3. The van der Waals surface area contributed by atoms with Gasteiger partial charge in [0.05, 0.1) is 58.7 Å². The second kappa shape index (κ2) is 23.3. The quantitative estimate of drug-likeness (QED) is 0.0689. The fourth-order valence-electron chi connectivity index (χ4n) is 6.26. The Morgan fingerprint density at radius 2 is 0.970 bits per heavy atom. The van der Waals surface area contributed by atoms with Crippen LogP contribution in [0, 0.1) is 30.3 Å². The van der Waals surface area contributed by atoms with E-state index in [0.717, 1.165) is 58.5 Å². The van der Waals surface area contributed by atoms with Gasteiger partial charge in [0.15, 0.2) is 6.29 Å². The molecule has 0 unspecified atom stereocenters. The van der Waals surface area contributed by atoms with Crippen molar-refractivity contribution < 1.29 is 69.7 Å². The third kappa shape index (κ3) is 15.1. The number of amides is 2. The molecule has 0 radical (unpaired) electrons. The summed E-state index contributed by atoms with van der Waals surface area (Å²) in [4.78, 5) is 72.3. The molecule has 0 saturated carbocycles. The molecule has 0 aromatic heterocycles. The number of alkyl halides is 6. The number of piperazine rings is 2. The summed E-state index contributed by atoms with van der Waals surface area (Å²) in [6, 6.07) is 6.72. The largest absolute Gasteiger partial charge is 0.495 e. The molecule has 22 nitrogen and oxygen atoms in total. The van der Waals surface area contributed by atoms with Gasteiger partial charge in [0.2, 0.25) is 0 Å². The Bertz CT molecular complexity index is 2250. The summed E-state index contributed by atoms with van der Waals surface area (Å²) in [5, 5.41) is 36.2. The van der Waals surface area contributed by atoms with Crippen LogP contribution in [0.5, 0.6) is 17.2 Å². The molecule has 0 aliphatic carbocycles. The first kappa shape index (κ1) is 53.4. The predicted octanol–water partition coefficient (Wildman–Crippen LogP) is 4.70. The van der Waals surface area contributed by atoms with Gasteiger partial charge >= 0.3 is 24.2 Å². The number of hydrogen-bond acceptors (Lipinski definition) is 17. The van der Waals surface area contributed by atoms with Gasteiger partial charge in [-0.25, -0.2) is 0 Å². The van der Waals surface area contributed by atoms with Crippen molar-refractivity contribution in [2.24, 2.45) is 0 Å². The van der Waals surface area contributed by atoms with Gasteiger partial charge < -0.3 is 40.4 Å². The number of rotatable bonds is 13. The fourth-order valence-corrected chi connectivity index (χ4v) is 6.26. The summed E-state index contributed by atoms with van der Waals surface area (Å²) in [5.74, 6) is -4.44. The van der Waals surface area contributed by atoms with Crippen molar-refractivity contribution >= 4 is 52.2 Å². The number of nitro benzene ring substituents is 3. The molecule has 2 heterocycles. The van der Waals surface area contributed by atoms with Crippen LogP contribution in [0.2, 0.25) is 0 Å². The first-order chi connectivity index (χ1) is 30.8. The highest BCUT2D eigenvalue weighted by Crippen LogP contribution is 2.36. The average Bonchev–Trinajstić information content (AvgIpc) is 3.25. The lowest BCUT2D eigenvalue weighted by molar-refractivity contribution is -0.385. The highest BCUT2D eigenvalue weighted by Gasteiger charge is 2.40. The third-order valence-electron chi connectivity index (χ3n) is 9.89. The number of carbonyl (C=O) groups excluding carboxylic acids is 3. The molecule has 66 heavy (non-hydrogen) atoms. The highest BCUT2D eigenvalue weighted by molar-refractivity contribution is 5.98. The number of likely N-dealkylation sites (N-methyl/N-ethyl adjacent to an activating group) is 2. The van der Waals surface area contributed by atoms with Crippen LogP contribution < -0.4 is 30.6 Å². The minimum Gasteiger partial charge on any atom is -0.495 e. The predicted molar refractivity (Wildman–Crippen MR) is 224 cm³/mol. The summed E-state index contributed by atoms with van der Waals surface area (Å²) in [6.07, 6.45) is -10.1. The van der Waals surface area contributed by atoms with Crippen molar-refractivity contribution in [2.45, 2.75) is 25.4 Å². The molecular formula is C38H46F6N10O12. The molecule has 3 aromatic rings.